The van der Waals surface area contributed by atoms with Crippen LogP contribution < -0.4 is 0 Å². The van der Waals surface area contributed by atoms with Crippen LogP contribution in [0.4, 0.5) is 8.78 Å². The first-order chi connectivity index (χ1) is 5.04. The van der Waals surface area contributed by atoms with Crippen LogP contribution >= 0.6 is 0 Å². The largest absolute Gasteiger partial charge is 0.481 e. The van der Waals surface area contributed by atoms with E-state index in [0.29, 0.717) is 6.42 Å². The smallest absolute Gasteiger partial charge is 0.307 e. The Hall–Kier alpha value is -0.670. The van der Waals surface area contributed by atoms with Crippen molar-refractivity contribution in [2.24, 2.45) is 17.8 Å². The van der Waals surface area contributed by atoms with Gasteiger partial charge in [0.1, 0.15) is 0 Å². The van der Waals surface area contributed by atoms with E-state index in [9.17, 15) is 13.6 Å². The van der Waals surface area contributed by atoms with Gasteiger partial charge in [-0.3, -0.25) is 4.79 Å². The van der Waals surface area contributed by atoms with Crippen molar-refractivity contribution in [3.63, 3.8) is 0 Å². The van der Waals surface area contributed by atoms with Gasteiger partial charge in [-0.05, 0) is 12.3 Å². The zero-order valence-corrected chi connectivity index (χ0v) is 5.76. The first-order valence-corrected chi connectivity index (χ1v) is 3.64. The Morgan fingerprint density at radius 3 is 2.45 bits per heavy atom. The molecule has 0 spiro atoms. The van der Waals surface area contributed by atoms with Crippen LogP contribution in [0.3, 0.4) is 0 Å². The monoisotopic (exact) mass is 162 g/mol. The quantitative estimate of drug-likeness (QED) is 0.632. The second-order valence-electron chi connectivity index (χ2n) is 3.35. The molecular formula is C7H8F2O2. The summed E-state index contributed by atoms with van der Waals surface area (Å²) < 4.78 is 25.5. The van der Waals surface area contributed by atoms with Crippen molar-refractivity contribution in [2.45, 2.75) is 18.8 Å². The Bertz CT molecular complexity index is 214. The number of fused-ring (bicyclic) bond motifs is 1. The highest BCUT2D eigenvalue weighted by Gasteiger charge is 2.70. The van der Waals surface area contributed by atoms with Crippen LogP contribution in [0.25, 0.3) is 0 Å². The summed E-state index contributed by atoms with van der Waals surface area (Å²) in [5.74, 6) is -5.59. The number of carbonyl (C=O) groups is 1. The van der Waals surface area contributed by atoms with Gasteiger partial charge in [0, 0.05) is 12.3 Å². The maximum atomic E-state index is 12.7. The van der Waals surface area contributed by atoms with Crippen molar-refractivity contribution in [2.75, 3.05) is 0 Å². The summed E-state index contributed by atoms with van der Waals surface area (Å²) in [6, 6.07) is 0. The molecule has 0 aromatic heterocycles. The maximum absolute atomic E-state index is 12.7. The molecule has 0 aromatic rings. The van der Waals surface area contributed by atoms with Crippen LogP contribution in [0.2, 0.25) is 0 Å². The standard InChI is InChI=1S/C7H8F2O2/c8-7(9)2-1-3-4(5(3)7)6(10)11/h3-5H,1-2H2,(H,10,11)/t3-,4+,5-/m0/s1. The van der Waals surface area contributed by atoms with Gasteiger partial charge < -0.3 is 5.11 Å². The third kappa shape index (κ3) is 0.781. The number of halogens is 2. The number of hydrogen-bond donors (Lipinski definition) is 1. The molecular weight excluding hydrogens is 154 g/mol. The predicted octanol–water partition coefficient (Wildman–Crippen LogP) is 1.36. The van der Waals surface area contributed by atoms with Crippen molar-refractivity contribution in [1.82, 2.24) is 0 Å². The van der Waals surface area contributed by atoms with Crippen molar-refractivity contribution in [1.29, 1.82) is 0 Å². The first kappa shape index (κ1) is 7.00. The molecule has 62 valence electrons. The second-order valence-corrected chi connectivity index (χ2v) is 3.35. The number of hydrogen-bond acceptors (Lipinski definition) is 1. The van der Waals surface area contributed by atoms with Gasteiger partial charge in [-0.2, -0.15) is 0 Å². The molecule has 2 rings (SSSR count). The third-order valence-electron chi connectivity index (χ3n) is 2.75. The van der Waals surface area contributed by atoms with Crippen molar-refractivity contribution in [3.8, 4) is 0 Å². The average molecular weight is 162 g/mol. The molecule has 2 nitrogen and oxygen atoms in total. The van der Waals surface area contributed by atoms with Crippen LogP contribution in [0.1, 0.15) is 12.8 Å². The first-order valence-electron chi connectivity index (χ1n) is 3.64. The lowest BCUT2D eigenvalue weighted by atomic mass is 10.1. The average Bonchev–Trinajstić information content (AvgIpc) is 2.51. The molecule has 0 saturated heterocycles. The number of alkyl halides is 2. The number of carboxylic acid groups (broad SMARTS) is 1. The molecule has 0 aliphatic heterocycles. The number of carboxylic acids is 1. The highest BCUT2D eigenvalue weighted by atomic mass is 19.3. The van der Waals surface area contributed by atoms with Gasteiger partial charge in [-0.25, -0.2) is 8.78 Å². The summed E-state index contributed by atoms with van der Waals surface area (Å²) >= 11 is 0. The molecule has 2 saturated carbocycles. The Morgan fingerprint density at radius 2 is 2.18 bits per heavy atom. The predicted molar refractivity (Wildman–Crippen MR) is 32.3 cm³/mol. The van der Waals surface area contributed by atoms with Gasteiger partial charge in [0.15, 0.2) is 0 Å². The van der Waals surface area contributed by atoms with Crippen LogP contribution in [0.5, 0.6) is 0 Å². The van der Waals surface area contributed by atoms with E-state index in [1.54, 1.807) is 0 Å². The minimum absolute atomic E-state index is 0.119. The van der Waals surface area contributed by atoms with Crippen LogP contribution in [0, 0.1) is 17.8 Å². The normalized spacial score (nSPS) is 45.1. The van der Waals surface area contributed by atoms with E-state index < -0.39 is 23.7 Å². The Labute approximate surface area is 62.2 Å². The lowest BCUT2D eigenvalue weighted by Gasteiger charge is -2.10. The topological polar surface area (TPSA) is 37.3 Å². The summed E-state index contributed by atoms with van der Waals surface area (Å²) in [7, 11) is 0. The molecule has 0 amide bonds. The number of rotatable bonds is 1. The SMILES string of the molecule is O=C(O)[C@@H]1[C@@H]2CCC(F)(F)[C@@H]21. The van der Waals surface area contributed by atoms with Crippen molar-refractivity contribution >= 4 is 5.97 Å². The fourth-order valence-electron chi connectivity index (χ4n) is 2.17. The van der Waals surface area contributed by atoms with Gasteiger partial charge in [0.25, 0.3) is 5.92 Å². The number of aliphatic carboxylic acids is 1. The van der Waals surface area contributed by atoms with Gasteiger partial charge >= 0.3 is 5.97 Å². The van der Waals surface area contributed by atoms with Crippen LogP contribution in [-0.4, -0.2) is 17.0 Å². The molecule has 0 radical (unpaired) electrons. The molecule has 2 fully saturated rings. The molecule has 0 bridgehead atoms. The Balaban J connectivity index is 2.13. The lowest BCUT2D eigenvalue weighted by molar-refractivity contribution is -0.141. The van der Waals surface area contributed by atoms with E-state index in [2.05, 4.69) is 0 Å². The second kappa shape index (κ2) is 1.73. The Morgan fingerprint density at radius 1 is 1.55 bits per heavy atom. The fourth-order valence-corrected chi connectivity index (χ4v) is 2.17. The minimum Gasteiger partial charge on any atom is -0.481 e. The van der Waals surface area contributed by atoms with E-state index in [0.717, 1.165) is 0 Å². The molecule has 1 N–H and O–H groups in total. The van der Waals surface area contributed by atoms with E-state index in [4.69, 9.17) is 5.11 Å². The summed E-state index contributed by atoms with van der Waals surface area (Å²) in [6.45, 7) is 0. The highest BCUT2D eigenvalue weighted by Crippen LogP contribution is 2.64. The summed E-state index contributed by atoms with van der Waals surface area (Å²) in [5, 5.41) is 8.46. The molecule has 0 unspecified atom stereocenters. The van der Waals surface area contributed by atoms with Gasteiger partial charge in [-0.15, -0.1) is 0 Å². The van der Waals surface area contributed by atoms with E-state index in [1.807, 2.05) is 0 Å². The summed E-state index contributed by atoms with van der Waals surface area (Å²) in [4.78, 5) is 10.3. The third-order valence-corrected chi connectivity index (χ3v) is 2.75. The fraction of sp³-hybridized carbons (Fsp3) is 0.857. The van der Waals surface area contributed by atoms with Crippen LogP contribution in [-0.2, 0) is 4.79 Å². The van der Waals surface area contributed by atoms with Crippen molar-refractivity contribution < 1.29 is 18.7 Å². The lowest BCUT2D eigenvalue weighted by Crippen LogP contribution is -2.19. The molecule has 3 atom stereocenters. The zero-order chi connectivity index (χ0) is 8.22. The van der Waals surface area contributed by atoms with E-state index in [1.165, 1.54) is 0 Å². The molecule has 0 heterocycles. The molecule has 11 heavy (non-hydrogen) atoms. The van der Waals surface area contributed by atoms with Gasteiger partial charge in [-0.1, -0.05) is 0 Å². The Kier molecular flexibility index (Phi) is 1.10. The zero-order valence-electron chi connectivity index (χ0n) is 5.76. The maximum Gasteiger partial charge on any atom is 0.307 e. The minimum atomic E-state index is -2.70. The molecule has 2 aliphatic carbocycles. The van der Waals surface area contributed by atoms with E-state index >= 15 is 0 Å². The van der Waals surface area contributed by atoms with Crippen molar-refractivity contribution in [3.05, 3.63) is 0 Å². The van der Waals surface area contributed by atoms with Gasteiger partial charge in [0.05, 0.1) is 5.92 Å². The molecule has 2 aliphatic rings. The van der Waals surface area contributed by atoms with Gasteiger partial charge in [0.2, 0.25) is 0 Å². The van der Waals surface area contributed by atoms with E-state index in [-0.39, 0.29) is 12.3 Å². The highest BCUT2D eigenvalue weighted by molar-refractivity contribution is 5.75. The molecule has 4 heteroatoms. The van der Waals surface area contributed by atoms with Crippen LogP contribution in [0.15, 0.2) is 0 Å². The molecule has 0 aromatic carbocycles. The summed E-state index contributed by atoms with van der Waals surface area (Å²) in [5.41, 5.74) is 0. The summed E-state index contributed by atoms with van der Waals surface area (Å²) in [6.07, 6.45) is 0.265.